The molecular weight excluding hydrogens is 262 g/mol. The van der Waals surface area contributed by atoms with E-state index in [1.165, 1.54) is 12.5 Å². The number of esters is 1. The summed E-state index contributed by atoms with van der Waals surface area (Å²) >= 11 is 1.67. The minimum Gasteiger partial charge on any atom is -0.450 e. The van der Waals surface area contributed by atoms with E-state index in [2.05, 4.69) is 22.1 Å². The second-order valence-electron chi connectivity index (χ2n) is 5.58. The van der Waals surface area contributed by atoms with Crippen LogP contribution in [-0.4, -0.2) is 24.0 Å². The van der Waals surface area contributed by atoms with Crippen LogP contribution in [0.1, 0.15) is 39.2 Å². The highest BCUT2D eigenvalue weighted by Gasteiger charge is 2.45. The lowest BCUT2D eigenvalue weighted by Gasteiger charge is -2.25. The van der Waals surface area contributed by atoms with Crippen molar-refractivity contribution in [2.75, 3.05) is 6.54 Å². The van der Waals surface area contributed by atoms with Gasteiger partial charge < -0.3 is 10.1 Å². The van der Waals surface area contributed by atoms with Crippen LogP contribution in [-0.2, 0) is 19.7 Å². The topological polar surface area (TPSA) is 55.4 Å². The van der Waals surface area contributed by atoms with Crippen molar-refractivity contribution >= 4 is 23.2 Å². The molecule has 1 aliphatic rings. The zero-order chi connectivity index (χ0) is 14.1. The minimum absolute atomic E-state index is 0.0992. The van der Waals surface area contributed by atoms with Gasteiger partial charge in [0, 0.05) is 18.9 Å². The number of hydrogen-bond donors (Lipinski definition) is 1. The lowest BCUT2D eigenvalue weighted by atomic mass is 9.98. The van der Waals surface area contributed by atoms with Crippen LogP contribution in [0.5, 0.6) is 0 Å². The predicted octanol–water partition coefficient (Wildman–Crippen LogP) is 2.24. The number of amides is 1. The zero-order valence-corrected chi connectivity index (χ0v) is 12.3. The van der Waals surface area contributed by atoms with Crippen molar-refractivity contribution < 1.29 is 14.3 Å². The largest absolute Gasteiger partial charge is 0.450 e. The van der Waals surface area contributed by atoms with Gasteiger partial charge >= 0.3 is 5.97 Å². The van der Waals surface area contributed by atoms with Gasteiger partial charge in [0.2, 0.25) is 0 Å². The molecule has 0 aliphatic heterocycles. The van der Waals surface area contributed by atoms with E-state index in [0.717, 1.165) is 12.8 Å². The second-order valence-corrected chi connectivity index (χ2v) is 6.36. The molecule has 0 saturated heterocycles. The highest BCUT2D eigenvalue weighted by atomic mass is 32.1. The SMILES string of the molecule is CC(=O)OC(C)(C)C(=O)NCC1(c2ccsc2)CC1. The molecule has 0 unspecified atom stereocenters. The van der Waals surface area contributed by atoms with E-state index in [9.17, 15) is 9.59 Å². The molecule has 2 rings (SSSR count). The maximum absolute atomic E-state index is 12.1. The summed E-state index contributed by atoms with van der Waals surface area (Å²) in [6, 6.07) is 2.11. The summed E-state index contributed by atoms with van der Waals surface area (Å²) in [6.07, 6.45) is 2.19. The number of nitrogens with one attached hydrogen (secondary N) is 1. The van der Waals surface area contributed by atoms with Crippen molar-refractivity contribution in [3.63, 3.8) is 0 Å². The summed E-state index contributed by atoms with van der Waals surface area (Å²) in [6.45, 7) is 5.12. The number of carbonyl (C=O) groups is 2. The summed E-state index contributed by atoms with van der Waals surface area (Å²) in [5, 5.41) is 7.10. The highest BCUT2D eigenvalue weighted by Crippen LogP contribution is 2.48. The molecule has 19 heavy (non-hydrogen) atoms. The van der Waals surface area contributed by atoms with E-state index in [-0.39, 0.29) is 11.3 Å². The predicted molar refractivity (Wildman–Crippen MR) is 74.1 cm³/mol. The van der Waals surface area contributed by atoms with Gasteiger partial charge in [-0.15, -0.1) is 0 Å². The van der Waals surface area contributed by atoms with Gasteiger partial charge in [-0.2, -0.15) is 11.3 Å². The molecule has 1 N–H and O–H groups in total. The summed E-state index contributed by atoms with van der Waals surface area (Å²) in [4.78, 5) is 23.0. The lowest BCUT2D eigenvalue weighted by molar-refractivity contribution is -0.162. The van der Waals surface area contributed by atoms with Gasteiger partial charge in [-0.1, -0.05) is 0 Å². The molecule has 0 aromatic carbocycles. The fraction of sp³-hybridized carbons (Fsp3) is 0.571. The maximum atomic E-state index is 12.1. The van der Waals surface area contributed by atoms with E-state index >= 15 is 0 Å². The Hall–Kier alpha value is -1.36. The molecule has 1 fully saturated rings. The summed E-state index contributed by atoms with van der Waals surface area (Å²) in [5.74, 6) is -0.691. The zero-order valence-electron chi connectivity index (χ0n) is 11.5. The third-order valence-electron chi connectivity index (χ3n) is 3.52. The van der Waals surface area contributed by atoms with Crippen LogP contribution in [0.25, 0.3) is 0 Å². The average Bonchev–Trinajstić information content (AvgIpc) is 2.88. The van der Waals surface area contributed by atoms with Crippen LogP contribution in [0.15, 0.2) is 16.8 Å². The molecule has 5 heteroatoms. The number of hydrogen-bond acceptors (Lipinski definition) is 4. The van der Waals surface area contributed by atoms with Crippen LogP contribution in [0.2, 0.25) is 0 Å². The van der Waals surface area contributed by atoms with Gasteiger partial charge in [0.05, 0.1) is 0 Å². The first-order chi connectivity index (χ1) is 8.86. The van der Waals surface area contributed by atoms with Crippen molar-refractivity contribution in [1.29, 1.82) is 0 Å². The second kappa shape index (κ2) is 4.96. The maximum Gasteiger partial charge on any atom is 0.303 e. The molecule has 4 nitrogen and oxygen atoms in total. The fourth-order valence-corrected chi connectivity index (χ4v) is 2.93. The molecule has 1 aliphatic carbocycles. The standard InChI is InChI=1S/C14H19NO3S/c1-10(16)18-13(2,3)12(17)15-9-14(5-6-14)11-4-7-19-8-11/h4,7-8H,5-6,9H2,1-3H3,(H,15,17). The van der Waals surface area contributed by atoms with Gasteiger partial charge in [-0.3, -0.25) is 9.59 Å². The minimum atomic E-state index is -1.11. The van der Waals surface area contributed by atoms with E-state index < -0.39 is 11.6 Å². The number of carbonyl (C=O) groups excluding carboxylic acids is 2. The fourth-order valence-electron chi connectivity index (χ4n) is 2.15. The number of rotatable bonds is 5. The van der Waals surface area contributed by atoms with Gasteiger partial charge in [0.25, 0.3) is 5.91 Å². The monoisotopic (exact) mass is 281 g/mol. The van der Waals surface area contributed by atoms with E-state index in [1.54, 1.807) is 25.2 Å². The molecule has 0 spiro atoms. The molecule has 0 radical (unpaired) electrons. The van der Waals surface area contributed by atoms with Gasteiger partial charge in [-0.05, 0) is 49.1 Å². The smallest absolute Gasteiger partial charge is 0.303 e. The van der Waals surface area contributed by atoms with Crippen LogP contribution < -0.4 is 5.32 Å². The van der Waals surface area contributed by atoms with Crippen molar-refractivity contribution in [2.24, 2.45) is 0 Å². The van der Waals surface area contributed by atoms with Crippen LogP contribution in [0, 0.1) is 0 Å². The molecular formula is C14H19NO3S. The molecule has 1 saturated carbocycles. The van der Waals surface area contributed by atoms with Crippen molar-refractivity contribution in [1.82, 2.24) is 5.32 Å². The van der Waals surface area contributed by atoms with Crippen molar-refractivity contribution in [2.45, 2.75) is 44.6 Å². The van der Waals surface area contributed by atoms with Gasteiger partial charge in [-0.25, -0.2) is 0 Å². The lowest BCUT2D eigenvalue weighted by Crippen LogP contribution is -2.47. The van der Waals surface area contributed by atoms with Crippen molar-refractivity contribution in [3.8, 4) is 0 Å². The molecule has 1 aromatic rings. The van der Waals surface area contributed by atoms with Crippen LogP contribution >= 0.6 is 11.3 Å². The molecule has 1 aromatic heterocycles. The number of thiophene rings is 1. The third kappa shape index (κ3) is 3.15. The average molecular weight is 281 g/mol. The Kier molecular flexibility index (Phi) is 3.67. The Balaban J connectivity index is 1.92. The van der Waals surface area contributed by atoms with E-state index in [1.807, 2.05) is 0 Å². The Labute approximate surface area is 117 Å². The Morgan fingerprint density at radius 3 is 2.63 bits per heavy atom. The van der Waals surface area contributed by atoms with Gasteiger partial charge in [0.15, 0.2) is 5.60 Å². The normalized spacial score (nSPS) is 16.8. The number of ether oxygens (including phenoxy) is 1. The molecule has 0 bridgehead atoms. The highest BCUT2D eigenvalue weighted by molar-refractivity contribution is 7.08. The Morgan fingerprint density at radius 1 is 1.47 bits per heavy atom. The van der Waals surface area contributed by atoms with Gasteiger partial charge in [0.1, 0.15) is 0 Å². The Morgan fingerprint density at radius 2 is 2.16 bits per heavy atom. The van der Waals surface area contributed by atoms with Crippen molar-refractivity contribution in [3.05, 3.63) is 22.4 Å². The quantitative estimate of drug-likeness (QED) is 0.842. The molecule has 1 heterocycles. The molecule has 104 valence electrons. The van der Waals surface area contributed by atoms with Crippen LogP contribution in [0.3, 0.4) is 0 Å². The first-order valence-electron chi connectivity index (χ1n) is 6.36. The summed E-state index contributed by atoms with van der Waals surface area (Å²) in [5.41, 5.74) is 0.279. The third-order valence-corrected chi connectivity index (χ3v) is 4.20. The molecule has 1 amide bonds. The molecule has 0 atom stereocenters. The summed E-state index contributed by atoms with van der Waals surface area (Å²) < 4.78 is 5.03. The van der Waals surface area contributed by atoms with E-state index in [0.29, 0.717) is 6.54 Å². The van der Waals surface area contributed by atoms with E-state index in [4.69, 9.17) is 4.74 Å². The van der Waals surface area contributed by atoms with Crippen LogP contribution in [0.4, 0.5) is 0 Å². The first-order valence-corrected chi connectivity index (χ1v) is 7.31. The summed E-state index contributed by atoms with van der Waals surface area (Å²) in [7, 11) is 0. The Bertz CT molecular complexity index is 475. The first kappa shape index (κ1) is 14.1.